The van der Waals surface area contributed by atoms with E-state index in [1.165, 1.54) is 26.0 Å². The summed E-state index contributed by atoms with van der Waals surface area (Å²) in [6.45, 7) is 2.21. The van der Waals surface area contributed by atoms with Crippen molar-refractivity contribution in [2.75, 3.05) is 7.11 Å². The maximum Gasteiger partial charge on any atom is 0.165 e. The first-order chi connectivity index (χ1) is 9.56. The van der Waals surface area contributed by atoms with Crippen LogP contribution in [0, 0.1) is 11.7 Å². The van der Waals surface area contributed by atoms with E-state index < -0.39 is 5.60 Å². The standard InChI is InChI=1S/C17H25FO2/c1-3-4-13-7-9-17(19,10-8-13)12-14-5-6-16(20-2)15(18)11-14/h5-6,11,13,19H,3-4,7-10,12H2,1-2H3. The molecule has 112 valence electrons. The first-order valence-corrected chi connectivity index (χ1v) is 7.61. The molecule has 0 bridgehead atoms. The number of hydrogen-bond acceptors (Lipinski definition) is 2. The summed E-state index contributed by atoms with van der Waals surface area (Å²) in [5.74, 6) is 0.661. The SMILES string of the molecule is CCCC1CCC(O)(Cc2ccc(OC)c(F)c2)CC1. The highest BCUT2D eigenvalue weighted by atomic mass is 19.1. The third kappa shape index (κ3) is 3.72. The molecule has 0 spiro atoms. The fourth-order valence-electron chi connectivity index (χ4n) is 3.29. The summed E-state index contributed by atoms with van der Waals surface area (Å²) < 4.78 is 18.6. The van der Waals surface area contributed by atoms with Crippen molar-refractivity contribution < 1.29 is 14.2 Å². The van der Waals surface area contributed by atoms with E-state index in [-0.39, 0.29) is 11.6 Å². The van der Waals surface area contributed by atoms with Crippen molar-refractivity contribution >= 4 is 0 Å². The van der Waals surface area contributed by atoms with Crippen LogP contribution in [0.5, 0.6) is 5.75 Å². The van der Waals surface area contributed by atoms with Crippen LogP contribution in [0.25, 0.3) is 0 Å². The lowest BCUT2D eigenvalue weighted by Gasteiger charge is -2.36. The molecule has 1 N–H and O–H groups in total. The van der Waals surface area contributed by atoms with E-state index in [1.54, 1.807) is 6.07 Å². The molecule has 1 aliphatic carbocycles. The van der Waals surface area contributed by atoms with Crippen LogP contribution in [0.1, 0.15) is 51.0 Å². The van der Waals surface area contributed by atoms with Gasteiger partial charge in [-0.1, -0.05) is 25.8 Å². The summed E-state index contributed by atoms with van der Waals surface area (Å²) in [4.78, 5) is 0. The Morgan fingerprint density at radius 1 is 1.35 bits per heavy atom. The minimum Gasteiger partial charge on any atom is -0.494 e. The molecule has 0 aliphatic heterocycles. The Morgan fingerprint density at radius 2 is 2.05 bits per heavy atom. The minimum absolute atomic E-state index is 0.257. The molecule has 0 saturated heterocycles. The summed E-state index contributed by atoms with van der Waals surface area (Å²) in [6, 6.07) is 4.96. The van der Waals surface area contributed by atoms with Crippen molar-refractivity contribution in [3.63, 3.8) is 0 Å². The number of benzene rings is 1. The zero-order valence-electron chi connectivity index (χ0n) is 12.5. The van der Waals surface area contributed by atoms with Gasteiger partial charge in [0.2, 0.25) is 0 Å². The summed E-state index contributed by atoms with van der Waals surface area (Å²) >= 11 is 0. The molecule has 1 aromatic carbocycles. The molecule has 0 amide bonds. The summed E-state index contributed by atoms with van der Waals surface area (Å²) in [7, 11) is 1.46. The van der Waals surface area contributed by atoms with Crippen molar-refractivity contribution in [2.24, 2.45) is 5.92 Å². The van der Waals surface area contributed by atoms with Crippen molar-refractivity contribution in [3.05, 3.63) is 29.6 Å². The molecular formula is C17H25FO2. The van der Waals surface area contributed by atoms with Crippen molar-refractivity contribution in [2.45, 2.75) is 57.5 Å². The van der Waals surface area contributed by atoms with Crippen LogP contribution in [-0.4, -0.2) is 17.8 Å². The van der Waals surface area contributed by atoms with Gasteiger partial charge in [0.25, 0.3) is 0 Å². The highest BCUT2D eigenvalue weighted by Crippen LogP contribution is 2.36. The topological polar surface area (TPSA) is 29.5 Å². The van der Waals surface area contributed by atoms with Gasteiger partial charge in [-0.15, -0.1) is 0 Å². The van der Waals surface area contributed by atoms with E-state index in [2.05, 4.69) is 6.92 Å². The van der Waals surface area contributed by atoms with E-state index in [9.17, 15) is 9.50 Å². The van der Waals surface area contributed by atoms with Gasteiger partial charge >= 0.3 is 0 Å². The lowest BCUT2D eigenvalue weighted by molar-refractivity contribution is -0.00992. The average molecular weight is 280 g/mol. The van der Waals surface area contributed by atoms with Gasteiger partial charge in [0.1, 0.15) is 0 Å². The monoisotopic (exact) mass is 280 g/mol. The van der Waals surface area contributed by atoms with Crippen LogP contribution < -0.4 is 4.74 Å². The average Bonchev–Trinajstić information content (AvgIpc) is 2.42. The largest absolute Gasteiger partial charge is 0.494 e. The highest BCUT2D eigenvalue weighted by Gasteiger charge is 2.33. The van der Waals surface area contributed by atoms with Crippen molar-refractivity contribution in [1.29, 1.82) is 0 Å². The number of hydrogen-bond donors (Lipinski definition) is 1. The third-order valence-electron chi connectivity index (χ3n) is 4.48. The smallest absolute Gasteiger partial charge is 0.165 e. The first kappa shape index (κ1) is 15.3. The zero-order valence-corrected chi connectivity index (χ0v) is 12.5. The first-order valence-electron chi connectivity index (χ1n) is 7.61. The highest BCUT2D eigenvalue weighted by molar-refractivity contribution is 5.30. The molecular weight excluding hydrogens is 255 g/mol. The maximum absolute atomic E-state index is 13.7. The van der Waals surface area contributed by atoms with E-state index >= 15 is 0 Å². The second kappa shape index (κ2) is 6.57. The number of rotatable bonds is 5. The molecule has 2 rings (SSSR count). The predicted molar refractivity (Wildman–Crippen MR) is 78.5 cm³/mol. The fourth-order valence-corrected chi connectivity index (χ4v) is 3.29. The quantitative estimate of drug-likeness (QED) is 0.880. The van der Waals surface area contributed by atoms with Gasteiger partial charge in [0.15, 0.2) is 11.6 Å². The molecule has 1 aromatic rings. The van der Waals surface area contributed by atoms with Crippen molar-refractivity contribution in [3.8, 4) is 5.75 Å². The third-order valence-corrected chi connectivity index (χ3v) is 4.48. The van der Waals surface area contributed by atoms with Gasteiger partial charge in [-0.05, 0) is 49.3 Å². The van der Waals surface area contributed by atoms with E-state index in [0.29, 0.717) is 6.42 Å². The van der Waals surface area contributed by atoms with Gasteiger partial charge in [-0.25, -0.2) is 4.39 Å². The Hall–Kier alpha value is -1.09. The lowest BCUT2D eigenvalue weighted by Crippen LogP contribution is -2.36. The van der Waals surface area contributed by atoms with Crippen LogP contribution in [-0.2, 0) is 6.42 Å². The molecule has 1 aliphatic rings. The Bertz CT molecular complexity index is 437. The van der Waals surface area contributed by atoms with E-state index in [1.807, 2.05) is 6.07 Å². The van der Waals surface area contributed by atoms with Crippen LogP contribution >= 0.6 is 0 Å². The Labute approximate surface area is 121 Å². The number of ether oxygens (including phenoxy) is 1. The van der Waals surface area contributed by atoms with Gasteiger partial charge in [-0.2, -0.15) is 0 Å². The second-order valence-corrected chi connectivity index (χ2v) is 6.10. The predicted octanol–water partition coefficient (Wildman–Crippen LogP) is 4.10. The maximum atomic E-state index is 13.7. The zero-order chi connectivity index (χ0) is 14.6. The molecule has 0 heterocycles. The van der Waals surface area contributed by atoms with Gasteiger partial charge in [0.05, 0.1) is 12.7 Å². The number of methoxy groups -OCH3 is 1. The van der Waals surface area contributed by atoms with Gasteiger partial charge in [-0.3, -0.25) is 0 Å². The molecule has 1 saturated carbocycles. The molecule has 0 unspecified atom stereocenters. The van der Waals surface area contributed by atoms with E-state index in [4.69, 9.17) is 4.74 Å². The molecule has 2 nitrogen and oxygen atoms in total. The Kier molecular flexibility index (Phi) is 5.03. The number of halogens is 1. The summed E-state index contributed by atoms with van der Waals surface area (Å²) in [5, 5.41) is 10.7. The molecule has 1 fully saturated rings. The molecule has 20 heavy (non-hydrogen) atoms. The lowest BCUT2D eigenvalue weighted by atomic mass is 9.74. The van der Waals surface area contributed by atoms with Gasteiger partial charge < -0.3 is 9.84 Å². The Balaban J connectivity index is 1.97. The fraction of sp³-hybridized carbons (Fsp3) is 0.647. The van der Waals surface area contributed by atoms with Crippen LogP contribution in [0.15, 0.2) is 18.2 Å². The molecule has 0 aromatic heterocycles. The number of aliphatic hydroxyl groups is 1. The summed E-state index contributed by atoms with van der Waals surface area (Å²) in [5.41, 5.74) is 0.186. The van der Waals surface area contributed by atoms with Crippen LogP contribution in [0.3, 0.4) is 0 Å². The second-order valence-electron chi connectivity index (χ2n) is 6.10. The minimum atomic E-state index is -0.661. The van der Waals surface area contributed by atoms with Crippen molar-refractivity contribution in [1.82, 2.24) is 0 Å². The van der Waals surface area contributed by atoms with E-state index in [0.717, 1.165) is 37.2 Å². The molecule has 3 heteroatoms. The molecule has 0 atom stereocenters. The Morgan fingerprint density at radius 3 is 2.60 bits per heavy atom. The summed E-state index contributed by atoms with van der Waals surface area (Å²) in [6.07, 6.45) is 6.83. The normalized spacial score (nSPS) is 26.5. The van der Waals surface area contributed by atoms with Crippen LogP contribution in [0.2, 0.25) is 0 Å². The van der Waals surface area contributed by atoms with Crippen LogP contribution in [0.4, 0.5) is 4.39 Å². The van der Waals surface area contributed by atoms with Gasteiger partial charge in [0, 0.05) is 6.42 Å². The molecule has 0 radical (unpaired) electrons.